The Bertz CT molecular complexity index is 381. The van der Waals surface area contributed by atoms with Crippen LogP contribution >= 0.6 is 0 Å². The van der Waals surface area contributed by atoms with Crippen molar-refractivity contribution in [1.82, 2.24) is 4.98 Å². The van der Waals surface area contributed by atoms with E-state index in [9.17, 15) is 9.18 Å². The molecule has 0 aliphatic carbocycles. The van der Waals surface area contributed by atoms with Gasteiger partial charge in [0.05, 0.1) is 11.8 Å². The largest absolute Gasteiger partial charge is 0.367 e. The number of Topliss-reactive ketones (excluding diaryl/α,β-unsaturated/α-hetero) is 1. The molecule has 1 heterocycles. The normalized spacial score (nSPS) is 14.5. The lowest BCUT2D eigenvalue weighted by Crippen LogP contribution is -2.38. The molecule has 0 aromatic carbocycles. The van der Waals surface area contributed by atoms with Gasteiger partial charge in [-0.05, 0) is 26.3 Å². The fourth-order valence-electron chi connectivity index (χ4n) is 1.49. The second kappa shape index (κ2) is 5.16. The third-order valence-electron chi connectivity index (χ3n) is 2.63. The number of hydrogen-bond donors (Lipinski definition) is 0. The van der Waals surface area contributed by atoms with Crippen molar-refractivity contribution in [2.45, 2.75) is 32.8 Å². The third kappa shape index (κ3) is 2.44. The van der Waals surface area contributed by atoms with Crippen LogP contribution in [-0.4, -0.2) is 23.0 Å². The number of aromatic nitrogens is 1. The molecule has 4 heteroatoms. The van der Waals surface area contributed by atoms with Gasteiger partial charge in [-0.1, -0.05) is 6.92 Å². The number of carbonyl (C=O) groups is 1. The summed E-state index contributed by atoms with van der Waals surface area (Å²) < 4.78 is 18.8. The Hall–Kier alpha value is -1.29. The van der Waals surface area contributed by atoms with Crippen molar-refractivity contribution in [2.24, 2.45) is 0 Å². The van der Waals surface area contributed by atoms with Gasteiger partial charge in [0.25, 0.3) is 0 Å². The quantitative estimate of drug-likeness (QED) is 0.723. The van der Waals surface area contributed by atoms with Gasteiger partial charge in [-0.15, -0.1) is 0 Å². The zero-order valence-corrected chi connectivity index (χ0v) is 9.79. The van der Waals surface area contributed by atoms with E-state index in [-0.39, 0.29) is 11.3 Å². The van der Waals surface area contributed by atoms with Crippen molar-refractivity contribution in [1.29, 1.82) is 0 Å². The zero-order chi connectivity index (χ0) is 12.2. The number of ether oxygens (including phenoxy) is 1. The first kappa shape index (κ1) is 12.8. The van der Waals surface area contributed by atoms with Crippen LogP contribution in [0.3, 0.4) is 0 Å². The van der Waals surface area contributed by atoms with Crippen LogP contribution in [0.5, 0.6) is 0 Å². The number of hydrogen-bond acceptors (Lipinski definition) is 3. The van der Waals surface area contributed by atoms with Gasteiger partial charge in [-0.3, -0.25) is 9.78 Å². The van der Waals surface area contributed by atoms with E-state index in [1.54, 1.807) is 6.92 Å². The van der Waals surface area contributed by atoms with Crippen molar-refractivity contribution in [3.63, 3.8) is 0 Å². The summed E-state index contributed by atoms with van der Waals surface area (Å²) in [7, 11) is 0. The summed E-state index contributed by atoms with van der Waals surface area (Å²) in [6, 6.07) is 1.38. The second-order valence-electron chi connectivity index (χ2n) is 3.70. The molecule has 0 saturated heterocycles. The first-order valence-electron chi connectivity index (χ1n) is 5.33. The van der Waals surface area contributed by atoms with E-state index in [2.05, 4.69) is 4.98 Å². The van der Waals surface area contributed by atoms with Crippen LogP contribution in [0.25, 0.3) is 0 Å². The fraction of sp³-hybridized carbons (Fsp3) is 0.500. The van der Waals surface area contributed by atoms with E-state index >= 15 is 0 Å². The van der Waals surface area contributed by atoms with Crippen molar-refractivity contribution in [2.75, 3.05) is 6.61 Å². The number of nitrogens with zero attached hydrogens (tertiary/aromatic N) is 1. The van der Waals surface area contributed by atoms with E-state index in [0.717, 1.165) is 6.20 Å². The highest BCUT2D eigenvalue weighted by atomic mass is 19.1. The Morgan fingerprint density at radius 3 is 2.75 bits per heavy atom. The van der Waals surface area contributed by atoms with Crippen LogP contribution < -0.4 is 0 Å². The molecule has 0 fully saturated rings. The average molecular weight is 225 g/mol. The average Bonchev–Trinajstić information content (AvgIpc) is 2.29. The molecule has 0 radical (unpaired) electrons. The maximum Gasteiger partial charge on any atom is 0.197 e. The Morgan fingerprint density at radius 1 is 1.56 bits per heavy atom. The van der Waals surface area contributed by atoms with Crippen molar-refractivity contribution < 1.29 is 13.9 Å². The Labute approximate surface area is 94.6 Å². The van der Waals surface area contributed by atoms with E-state index in [0.29, 0.717) is 13.0 Å². The van der Waals surface area contributed by atoms with E-state index in [4.69, 9.17) is 4.74 Å². The van der Waals surface area contributed by atoms with Crippen LogP contribution in [0.15, 0.2) is 18.5 Å². The molecule has 0 N–H and O–H groups in total. The molecule has 3 nitrogen and oxygen atoms in total. The van der Waals surface area contributed by atoms with E-state index < -0.39 is 11.4 Å². The summed E-state index contributed by atoms with van der Waals surface area (Å²) >= 11 is 0. The lowest BCUT2D eigenvalue weighted by Gasteiger charge is -2.26. The number of carbonyl (C=O) groups excluding carboxylic acids is 1. The predicted octanol–water partition coefficient (Wildman–Crippen LogP) is 2.61. The van der Waals surface area contributed by atoms with Gasteiger partial charge in [0.15, 0.2) is 11.6 Å². The lowest BCUT2D eigenvalue weighted by atomic mass is 9.92. The van der Waals surface area contributed by atoms with Crippen molar-refractivity contribution >= 4 is 5.78 Å². The molecule has 16 heavy (non-hydrogen) atoms. The van der Waals surface area contributed by atoms with Crippen molar-refractivity contribution in [3.05, 3.63) is 29.8 Å². The number of rotatable bonds is 5. The second-order valence-corrected chi connectivity index (χ2v) is 3.70. The number of ketones is 1. The highest BCUT2D eigenvalue weighted by Gasteiger charge is 2.34. The summed E-state index contributed by atoms with van der Waals surface area (Å²) in [6.45, 7) is 5.75. The van der Waals surface area contributed by atoms with Crippen LogP contribution in [0.1, 0.15) is 37.6 Å². The van der Waals surface area contributed by atoms with Gasteiger partial charge in [0.1, 0.15) is 5.60 Å². The molecule has 88 valence electrons. The minimum atomic E-state index is -0.961. The van der Waals surface area contributed by atoms with Gasteiger partial charge in [0, 0.05) is 12.8 Å². The number of halogens is 1. The van der Waals surface area contributed by atoms with Gasteiger partial charge in [0.2, 0.25) is 0 Å². The topological polar surface area (TPSA) is 39.2 Å². The summed E-state index contributed by atoms with van der Waals surface area (Å²) in [4.78, 5) is 15.7. The summed E-state index contributed by atoms with van der Waals surface area (Å²) in [5, 5.41) is 0. The molecule has 1 atom stereocenters. The molecule has 0 saturated carbocycles. The molecule has 1 aromatic rings. The van der Waals surface area contributed by atoms with Crippen LogP contribution in [0, 0.1) is 5.82 Å². The molecule has 0 spiro atoms. The third-order valence-corrected chi connectivity index (χ3v) is 2.63. The van der Waals surface area contributed by atoms with Crippen LogP contribution in [-0.2, 0) is 4.74 Å². The molecule has 0 aliphatic heterocycles. The highest BCUT2D eigenvalue weighted by molar-refractivity contribution is 6.02. The van der Waals surface area contributed by atoms with Gasteiger partial charge in [-0.2, -0.15) is 0 Å². The minimum Gasteiger partial charge on any atom is -0.367 e. The summed E-state index contributed by atoms with van der Waals surface area (Å²) in [5.74, 6) is -0.941. The molecular formula is C12H16FNO2. The molecule has 1 unspecified atom stereocenters. The van der Waals surface area contributed by atoms with E-state index in [1.807, 2.05) is 13.8 Å². The molecule has 0 aliphatic rings. The first-order valence-corrected chi connectivity index (χ1v) is 5.33. The minimum absolute atomic E-state index is 0.0350. The molecule has 0 bridgehead atoms. The van der Waals surface area contributed by atoms with Gasteiger partial charge >= 0.3 is 0 Å². The highest BCUT2D eigenvalue weighted by Crippen LogP contribution is 2.22. The Balaban J connectivity index is 3.05. The number of pyridine rings is 1. The zero-order valence-electron chi connectivity index (χ0n) is 9.79. The van der Waals surface area contributed by atoms with Gasteiger partial charge in [-0.25, -0.2) is 4.39 Å². The van der Waals surface area contributed by atoms with Gasteiger partial charge < -0.3 is 4.74 Å². The molecule has 1 rings (SSSR count). The van der Waals surface area contributed by atoms with Crippen LogP contribution in [0.2, 0.25) is 0 Å². The molecule has 1 aromatic heterocycles. The van der Waals surface area contributed by atoms with Crippen LogP contribution in [0.4, 0.5) is 4.39 Å². The Kier molecular flexibility index (Phi) is 4.12. The van der Waals surface area contributed by atoms with Crippen molar-refractivity contribution in [3.8, 4) is 0 Å². The molecular weight excluding hydrogens is 209 g/mol. The lowest BCUT2D eigenvalue weighted by molar-refractivity contribution is -0.0118. The van der Waals surface area contributed by atoms with E-state index in [1.165, 1.54) is 12.3 Å². The Morgan fingerprint density at radius 2 is 2.25 bits per heavy atom. The maximum atomic E-state index is 13.4. The maximum absolute atomic E-state index is 13.4. The SMILES string of the molecule is CCOC(C)(CC)C(=O)c1ccncc1F. The monoisotopic (exact) mass is 225 g/mol. The summed E-state index contributed by atoms with van der Waals surface area (Å²) in [6.07, 6.45) is 2.94. The molecule has 0 amide bonds. The smallest absolute Gasteiger partial charge is 0.197 e. The predicted molar refractivity (Wildman–Crippen MR) is 58.8 cm³/mol. The standard InChI is InChI=1S/C12H16FNO2/c1-4-12(3,16-5-2)11(15)9-6-7-14-8-10(9)13/h6-8H,4-5H2,1-3H3. The summed E-state index contributed by atoms with van der Waals surface area (Å²) in [5.41, 5.74) is -0.926. The fourth-order valence-corrected chi connectivity index (χ4v) is 1.49. The first-order chi connectivity index (χ1) is 7.55.